The fourth-order valence-corrected chi connectivity index (χ4v) is 3.59. The van der Waals surface area contributed by atoms with Gasteiger partial charge in [-0.05, 0) is 50.6 Å². The molecule has 0 saturated heterocycles. The summed E-state index contributed by atoms with van der Waals surface area (Å²) in [5.74, 6) is -0.932. The Morgan fingerprint density at radius 1 is 1.08 bits per heavy atom. The van der Waals surface area contributed by atoms with Gasteiger partial charge >= 0.3 is 0 Å². The van der Waals surface area contributed by atoms with Crippen LogP contribution in [-0.4, -0.2) is 24.4 Å². The van der Waals surface area contributed by atoms with Crippen molar-refractivity contribution in [2.75, 3.05) is 4.72 Å². The number of nitrogens with one attached hydrogen (secondary N) is 1. The standard InChI is InChI=1S/C18H19NO5S/c1-11-9-17(22)15(18(12(2)20)13(3)21)10-16(11)19-25(23,24)14-7-5-4-6-8-14/h4-10,19-20,22H,1-3H3. The molecule has 0 aliphatic heterocycles. The molecule has 7 heteroatoms. The summed E-state index contributed by atoms with van der Waals surface area (Å²) >= 11 is 0. The third-order valence-electron chi connectivity index (χ3n) is 3.62. The van der Waals surface area contributed by atoms with Crippen LogP contribution < -0.4 is 4.72 Å². The molecule has 0 saturated carbocycles. The van der Waals surface area contributed by atoms with E-state index in [9.17, 15) is 23.4 Å². The molecule has 0 radical (unpaired) electrons. The van der Waals surface area contributed by atoms with Gasteiger partial charge < -0.3 is 10.2 Å². The average molecular weight is 361 g/mol. The molecular formula is C18H19NO5S. The third-order valence-corrected chi connectivity index (χ3v) is 5.01. The molecule has 6 nitrogen and oxygen atoms in total. The van der Waals surface area contributed by atoms with Crippen molar-refractivity contribution < 1.29 is 23.4 Å². The summed E-state index contributed by atoms with van der Waals surface area (Å²) in [7, 11) is -3.83. The van der Waals surface area contributed by atoms with E-state index < -0.39 is 15.8 Å². The topological polar surface area (TPSA) is 104 Å². The Hall–Kier alpha value is -2.80. The summed E-state index contributed by atoms with van der Waals surface area (Å²) < 4.78 is 27.4. The number of Topliss-reactive ketones (excluding diaryl/α,β-unsaturated/α-hetero) is 1. The third kappa shape index (κ3) is 4.00. The van der Waals surface area contributed by atoms with Gasteiger partial charge in [-0.25, -0.2) is 8.42 Å². The zero-order valence-corrected chi connectivity index (χ0v) is 14.9. The van der Waals surface area contributed by atoms with Crippen LogP contribution in [-0.2, 0) is 14.8 Å². The molecule has 2 aromatic carbocycles. The number of sulfonamides is 1. The van der Waals surface area contributed by atoms with Gasteiger partial charge in [-0.1, -0.05) is 18.2 Å². The van der Waals surface area contributed by atoms with Gasteiger partial charge in [0.2, 0.25) is 0 Å². The van der Waals surface area contributed by atoms with Gasteiger partial charge in [0.25, 0.3) is 10.0 Å². The van der Waals surface area contributed by atoms with E-state index in [1.807, 2.05) is 0 Å². The van der Waals surface area contributed by atoms with Gasteiger partial charge in [0.15, 0.2) is 5.78 Å². The molecule has 0 fully saturated rings. The van der Waals surface area contributed by atoms with Crippen molar-refractivity contribution in [3.05, 3.63) is 59.4 Å². The van der Waals surface area contributed by atoms with Crippen molar-refractivity contribution in [3.63, 3.8) is 0 Å². The van der Waals surface area contributed by atoms with Crippen LogP contribution in [0.3, 0.4) is 0 Å². The number of aryl methyl sites for hydroxylation is 1. The maximum atomic E-state index is 12.5. The lowest BCUT2D eigenvalue weighted by Gasteiger charge is -2.15. The minimum atomic E-state index is -3.83. The number of hydrogen-bond donors (Lipinski definition) is 3. The second-order valence-corrected chi connectivity index (χ2v) is 7.30. The zero-order chi connectivity index (χ0) is 18.8. The lowest BCUT2D eigenvalue weighted by atomic mass is 9.98. The number of aliphatic hydroxyl groups excluding tert-OH is 1. The number of ketones is 1. The van der Waals surface area contributed by atoms with Gasteiger partial charge in [-0.15, -0.1) is 0 Å². The normalized spacial score (nSPS) is 12.4. The monoisotopic (exact) mass is 361 g/mol. The molecule has 0 aromatic heterocycles. The van der Waals surface area contributed by atoms with Crippen LogP contribution in [0.25, 0.3) is 5.57 Å². The molecular weight excluding hydrogens is 342 g/mol. The summed E-state index contributed by atoms with van der Waals surface area (Å²) in [6.45, 7) is 4.20. The molecule has 132 valence electrons. The number of phenols is 1. The molecule has 0 aliphatic rings. The highest BCUT2D eigenvalue weighted by molar-refractivity contribution is 7.92. The lowest BCUT2D eigenvalue weighted by Crippen LogP contribution is -2.14. The van der Waals surface area contributed by atoms with Crippen LogP contribution >= 0.6 is 0 Å². The summed E-state index contributed by atoms with van der Waals surface area (Å²) in [5, 5.41) is 19.9. The molecule has 0 heterocycles. The van der Waals surface area contributed by atoms with Crippen LogP contribution in [0.1, 0.15) is 25.0 Å². The largest absolute Gasteiger partial charge is 0.512 e. The van der Waals surface area contributed by atoms with E-state index >= 15 is 0 Å². The van der Waals surface area contributed by atoms with Gasteiger partial charge in [0.1, 0.15) is 11.5 Å². The van der Waals surface area contributed by atoms with Crippen LogP contribution in [0.15, 0.2) is 53.1 Å². The Morgan fingerprint density at radius 3 is 2.20 bits per heavy atom. The number of phenolic OH excluding ortho intramolecular Hbond substituents is 1. The molecule has 3 N–H and O–H groups in total. The smallest absolute Gasteiger partial charge is 0.261 e. The van der Waals surface area contributed by atoms with Crippen molar-refractivity contribution in [1.29, 1.82) is 0 Å². The van der Waals surface area contributed by atoms with Gasteiger partial charge in [0, 0.05) is 5.56 Å². The number of hydrogen-bond acceptors (Lipinski definition) is 5. The number of rotatable bonds is 5. The van der Waals surface area contributed by atoms with Crippen molar-refractivity contribution in [2.24, 2.45) is 0 Å². The lowest BCUT2D eigenvalue weighted by molar-refractivity contribution is -0.111. The predicted octanol–water partition coefficient (Wildman–Crippen LogP) is 3.38. The zero-order valence-electron chi connectivity index (χ0n) is 14.1. The Bertz CT molecular complexity index is 943. The van der Waals surface area contributed by atoms with Crippen molar-refractivity contribution in [3.8, 4) is 5.75 Å². The Kier molecular flexibility index (Phi) is 5.18. The maximum absolute atomic E-state index is 12.5. The van der Waals surface area contributed by atoms with Gasteiger partial charge in [-0.2, -0.15) is 0 Å². The first kappa shape index (κ1) is 18.5. The van der Waals surface area contributed by atoms with E-state index in [0.717, 1.165) is 0 Å². The highest BCUT2D eigenvalue weighted by Crippen LogP contribution is 2.33. The fourth-order valence-electron chi connectivity index (χ4n) is 2.45. The molecule has 0 amide bonds. The second kappa shape index (κ2) is 6.98. The van der Waals surface area contributed by atoms with Crippen LogP contribution in [0.5, 0.6) is 5.75 Å². The molecule has 0 bridgehead atoms. The molecule has 25 heavy (non-hydrogen) atoms. The van der Waals surface area contributed by atoms with E-state index in [-0.39, 0.29) is 33.2 Å². The first-order chi connectivity index (χ1) is 11.6. The van der Waals surface area contributed by atoms with Crippen LogP contribution in [0.4, 0.5) is 5.69 Å². The average Bonchev–Trinajstić information content (AvgIpc) is 2.52. The quantitative estimate of drug-likeness (QED) is 0.430. The molecule has 2 rings (SSSR count). The molecule has 0 aliphatic carbocycles. The molecule has 0 spiro atoms. The SMILES string of the molecule is CC(=O)C(=C(C)O)c1cc(NS(=O)(=O)c2ccccc2)c(C)cc1O. The molecule has 0 atom stereocenters. The van der Waals surface area contributed by atoms with Crippen molar-refractivity contribution in [2.45, 2.75) is 25.7 Å². The number of benzene rings is 2. The fraction of sp³-hybridized carbons (Fsp3) is 0.167. The number of anilines is 1. The minimum Gasteiger partial charge on any atom is -0.512 e. The highest BCUT2D eigenvalue weighted by Gasteiger charge is 2.20. The van der Waals surface area contributed by atoms with E-state index in [2.05, 4.69) is 4.72 Å². The minimum absolute atomic E-state index is 0.0591. The number of carbonyl (C=O) groups excluding carboxylic acids is 1. The molecule has 0 unspecified atom stereocenters. The van der Waals surface area contributed by atoms with Crippen molar-refractivity contribution >= 4 is 27.1 Å². The van der Waals surface area contributed by atoms with Gasteiger partial charge in [0.05, 0.1) is 16.2 Å². The first-order valence-corrected chi connectivity index (χ1v) is 8.94. The summed E-state index contributed by atoms with van der Waals surface area (Å²) in [5.41, 5.74) is 0.664. The Labute approximate surface area is 146 Å². The van der Waals surface area contributed by atoms with E-state index in [0.29, 0.717) is 5.56 Å². The Morgan fingerprint density at radius 2 is 1.68 bits per heavy atom. The summed E-state index contributed by atoms with van der Waals surface area (Å²) in [6, 6.07) is 10.5. The number of aliphatic hydroxyl groups is 1. The van der Waals surface area contributed by atoms with E-state index in [4.69, 9.17) is 0 Å². The number of aromatic hydroxyl groups is 1. The summed E-state index contributed by atoms with van der Waals surface area (Å²) in [4.78, 5) is 11.9. The van der Waals surface area contributed by atoms with Crippen LogP contribution in [0, 0.1) is 6.92 Å². The first-order valence-electron chi connectivity index (χ1n) is 7.46. The number of allylic oxidation sites excluding steroid dienone is 2. The predicted molar refractivity (Wildman–Crippen MR) is 96.0 cm³/mol. The van der Waals surface area contributed by atoms with Crippen LogP contribution in [0.2, 0.25) is 0 Å². The van der Waals surface area contributed by atoms with E-state index in [1.54, 1.807) is 25.1 Å². The van der Waals surface area contributed by atoms with Crippen molar-refractivity contribution in [1.82, 2.24) is 0 Å². The summed E-state index contributed by atoms with van der Waals surface area (Å²) in [6.07, 6.45) is 0. The second-order valence-electron chi connectivity index (χ2n) is 5.62. The Balaban J connectivity index is 2.56. The highest BCUT2D eigenvalue weighted by atomic mass is 32.2. The number of carbonyl (C=O) groups is 1. The van der Waals surface area contributed by atoms with Gasteiger partial charge in [-0.3, -0.25) is 9.52 Å². The maximum Gasteiger partial charge on any atom is 0.261 e. The van der Waals surface area contributed by atoms with E-state index in [1.165, 1.54) is 38.1 Å². The molecule has 2 aromatic rings.